The van der Waals surface area contributed by atoms with Crippen molar-refractivity contribution >= 4 is 11.9 Å². The van der Waals surface area contributed by atoms with Gasteiger partial charge >= 0.3 is 5.97 Å². The van der Waals surface area contributed by atoms with Crippen LogP contribution >= 0.6 is 0 Å². The van der Waals surface area contributed by atoms with Crippen molar-refractivity contribution in [1.29, 1.82) is 0 Å². The molecule has 3 heterocycles. The predicted octanol–water partition coefficient (Wildman–Crippen LogP) is 2.66. The van der Waals surface area contributed by atoms with Crippen molar-refractivity contribution in [2.75, 3.05) is 12.1 Å². The van der Waals surface area contributed by atoms with Gasteiger partial charge in [0.25, 0.3) is 0 Å². The predicted molar refractivity (Wildman–Crippen MR) is 95.5 cm³/mol. The van der Waals surface area contributed by atoms with Crippen LogP contribution < -0.4 is 14.8 Å². The maximum absolute atomic E-state index is 11.6. The largest absolute Gasteiger partial charge is 0.477 e. The van der Waals surface area contributed by atoms with Gasteiger partial charge in [0.15, 0.2) is 17.3 Å². The normalized spacial score (nSPS) is 17.0. The highest BCUT2D eigenvalue weighted by Gasteiger charge is 2.28. The Morgan fingerprint density at radius 1 is 1.15 bits per heavy atom. The fourth-order valence-electron chi connectivity index (χ4n) is 3.16. The first-order chi connectivity index (χ1) is 13.2. The number of nitrogens with zero attached hydrogens (tertiary/aromatic N) is 3. The number of anilines is 1. The first-order valence-electron chi connectivity index (χ1n) is 8.33. The number of hydrogen-bond acceptors (Lipinski definition) is 6. The van der Waals surface area contributed by atoms with Gasteiger partial charge in [-0.1, -0.05) is 36.4 Å². The first-order valence-corrected chi connectivity index (χ1v) is 8.33. The number of benzene rings is 2. The Labute approximate surface area is 153 Å². The van der Waals surface area contributed by atoms with E-state index >= 15 is 0 Å². The minimum absolute atomic E-state index is 0.0529. The van der Waals surface area contributed by atoms with E-state index in [1.54, 1.807) is 10.8 Å². The molecule has 2 aliphatic heterocycles. The molecule has 2 aliphatic rings. The Balaban J connectivity index is 1.62. The van der Waals surface area contributed by atoms with Gasteiger partial charge < -0.3 is 19.9 Å². The average Bonchev–Trinajstić information content (AvgIpc) is 3.33. The van der Waals surface area contributed by atoms with E-state index in [0.717, 1.165) is 11.1 Å². The quantitative estimate of drug-likeness (QED) is 0.739. The lowest BCUT2D eigenvalue weighted by atomic mass is 10.0. The summed E-state index contributed by atoms with van der Waals surface area (Å²) in [7, 11) is 0. The third-order valence-corrected chi connectivity index (χ3v) is 4.47. The van der Waals surface area contributed by atoms with E-state index in [4.69, 9.17) is 9.47 Å². The first kappa shape index (κ1) is 15.4. The highest BCUT2D eigenvalue weighted by molar-refractivity contribution is 5.90. The van der Waals surface area contributed by atoms with Crippen molar-refractivity contribution in [2.24, 2.45) is 0 Å². The van der Waals surface area contributed by atoms with E-state index in [1.165, 1.54) is 0 Å². The lowest BCUT2D eigenvalue weighted by Gasteiger charge is -2.22. The molecular weight excluding hydrogens is 348 g/mol. The Bertz CT molecular complexity index is 1070. The summed E-state index contributed by atoms with van der Waals surface area (Å²) in [5.74, 6) is 1.12. The molecule has 0 radical (unpaired) electrons. The van der Waals surface area contributed by atoms with Crippen molar-refractivity contribution in [3.05, 3.63) is 65.9 Å². The number of fused-ring (bicyclic) bond motifs is 2. The Morgan fingerprint density at radius 3 is 2.78 bits per heavy atom. The molecule has 0 saturated carbocycles. The number of rotatable bonds is 3. The zero-order chi connectivity index (χ0) is 18.4. The van der Waals surface area contributed by atoms with Gasteiger partial charge in [-0.25, -0.2) is 9.48 Å². The smallest absolute Gasteiger partial charge is 0.352 e. The lowest BCUT2D eigenvalue weighted by Crippen LogP contribution is -2.24. The van der Waals surface area contributed by atoms with Crippen LogP contribution in [0.1, 0.15) is 11.6 Å². The molecule has 0 fully saturated rings. The van der Waals surface area contributed by atoms with Gasteiger partial charge in [-0.15, -0.1) is 5.10 Å². The van der Waals surface area contributed by atoms with E-state index in [1.807, 2.05) is 48.5 Å². The number of allylic oxidation sites excluding steroid dienone is 1. The molecule has 0 bridgehead atoms. The van der Waals surface area contributed by atoms with Gasteiger partial charge in [-0.2, -0.15) is 4.98 Å². The van der Waals surface area contributed by atoms with Crippen molar-refractivity contribution in [3.63, 3.8) is 0 Å². The van der Waals surface area contributed by atoms with E-state index in [-0.39, 0.29) is 12.5 Å². The molecule has 0 aliphatic carbocycles. The molecule has 5 rings (SSSR count). The summed E-state index contributed by atoms with van der Waals surface area (Å²) >= 11 is 0. The molecule has 2 N–H and O–H groups in total. The van der Waals surface area contributed by atoms with Gasteiger partial charge in [-0.3, -0.25) is 0 Å². The van der Waals surface area contributed by atoms with Crippen molar-refractivity contribution in [1.82, 2.24) is 14.8 Å². The van der Waals surface area contributed by atoms with Crippen LogP contribution in [0, 0.1) is 0 Å². The fraction of sp³-hybridized carbons (Fsp3) is 0.105. The second kappa shape index (κ2) is 5.87. The fourth-order valence-corrected chi connectivity index (χ4v) is 3.16. The summed E-state index contributed by atoms with van der Waals surface area (Å²) in [5, 5.41) is 16.9. The van der Waals surface area contributed by atoms with Gasteiger partial charge in [0.05, 0.1) is 0 Å². The third-order valence-electron chi connectivity index (χ3n) is 4.47. The lowest BCUT2D eigenvalue weighted by molar-refractivity contribution is -0.132. The highest BCUT2D eigenvalue weighted by atomic mass is 16.7. The van der Waals surface area contributed by atoms with E-state index in [2.05, 4.69) is 15.4 Å². The number of hydrogen-bond donors (Lipinski definition) is 2. The van der Waals surface area contributed by atoms with E-state index < -0.39 is 12.0 Å². The average molecular weight is 362 g/mol. The number of carboxylic acid groups (broad SMARTS) is 1. The maximum atomic E-state index is 11.6. The molecule has 8 heteroatoms. The highest BCUT2D eigenvalue weighted by Crippen LogP contribution is 2.37. The number of carbonyl (C=O) groups is 1. The van der Waals surface area contributed by atoms with Crippen LogP contribution in [0.2, 0.25) is 0 Å². The molecule has 1 aromatic heterocycles. The zero-order valence-electron chi connectivity index (χ0n) is 14.0. The molecular formula is C19H14N4O4. The van der Waals surface area contributed by atoms with Crippen LogP contribution in [0.3, 0.4) is 0 Å². The summed E-state index contributed by atoms with van der Waals surface area (Å²) in [6.07, 6.45) is 1.61. The molecule has 1 atom stereocenters. The zero-order valence-corrected chi connectivity index (χ0v) is 14.0. The molecule has 27 heavy (non-hydrogen) atoms. The number of nitrogens with one attached hydrogen (secondary N) is 1. The number of aliphatic carboxylic acids is 1. The summed E-state index contributed by atoms with van der Waals surface area (Å²) in [5.41, 5.74) is 1.73. The number of aromatic nitrogens is 3. The Morgan fingerprint density at radius 2 is 1.96 bits per heavy atom. The summed E-state index contributed by atoms with van der Waals surface area (Å²) in [4.78, 5) is 16.1. The van der Waals surface area contributed by atoms with Gasteiger partial charge in [0.1, 0.15) is 11.7 Å². The van der Waals surface area contributed by atoms with Gasteiger partial charge in [0.2, 0.25) is 12.7 Å². The van der Waals surface area contributed by atoms with Crippen LogP contribution in [0.5, 0.6) is 11.5 Å². The van der Waals surface area contributed by atoms with E-state index in [0.29, 0.717) is 23.3 Å². The Hall–Kier alpha value is -3.81. The molecule has 3 aromatic rings. The summed E-state index contributed by atoms with van der Waals surface area (Å²) in [6, 6.07) is 14.6. The van der Waals surface area contributed by atoms with Crippen LogP contribution in [0.25, 0.3) is 11.4 Å². The topological polar surface area (TPSA) is 98.5 Å². The van der Waals surface area contributed by atoms with Crippen LogP contribution in [0.15, 0.2) is 60.3 Å². The molecule has 2 aromatic carbocycles. The Kier molecular flexibility index (Phi) is 3.36. The number of ether oxygens (including phenoxy) is 2. The van der Waals surface area contributed by atoms with Crippen molar-refractivity contribution < 1.29 is 19.4 Å². The molecule has 134 valence electrons. The monoisotopic (exact) mass is 362 g/mol. The van der Waals surface area contributed by atoms with Crippen LogP contribution in [-0.4, -0.2) is 32.6 Å². The summed E-state index contributed by atoms with van der Waals surface area (Å²) < 4.78 is 12.5. The molecule has 0 saturated heterocycles. The van der Waals surface area contributed by atoms with E-state index in [9.17, 15) is 9.90 Å². The third kappa shape index (κ3) is 2.58. The van der Waals surface area contributed by atoms with Crippen molar-refractivity contribution in [3.8, 4) is 22.9 Å². The standard InChI is InChI=1S/C19H14N4O4/c24-18(25)13-9-14(12-6-7-15-16(8-12)27-10-26-15)23-19(20-13)21-17(22-23)11-4-2-1-3-5-11/h1-9,14H,10H2,(H,24,25)(H,20,21,22). The molecule has 1 unspecified atom stereocenters. The minimum Gasteiger partial charge on any atom is -0.477 e. The van der Waals surface area contributed by atoms with Gasteiger partial charge in [-0.05, 0) is 23.8 Å². The van der Waals surface area contributed by atoms with Crippen LogP contribution in [-0.2, 0) is 4.79 Å². The van der Waals surface area contributed by atoms with Crippen LogP contribution in [0.4, 0.5) is 5.95 Å². The molecule has 0 amide bonds. The molecule has 8 nitrogen and oxygen atoms in total. The maximum Gasteiger partial charge on any atom is 0.352 e. The second-order valence-electron chi connectivity index (χ2n) is 6.14. The minimum atomic E-state index is -1.06. The summed E-state index contributed by atoms with van der Waals surface area (Å²) in [6.45, 7) is 0.175. The van der Waals surface area contributed by atoms with Crippen molar-refractivity contribution in [2.45, 2.75) is 6.04 Å². The van der Waals surface area contributed by atoms with Gasteiger partial charge in [0, 0.05) is 5.56 Å². The SMILES string of the molecule is O=C(O)C1=CC(c2ccc3c(c2)OCO3)n2nc(-c3ccccc3)nc2N1. The second-order valence-corrected chi connectivity index (χ2v) is 6.14. The molecule has 0 spiro atoms. The number of carboxylic acids is 1.